The minimum atomic E-state index is 0.390. The maximum atomic E-state index is 9.86. The average molecular weight is 303 g/mol. The molecule has 0 aliphatic heterocycles. The predicted octanol–water partition coefficient (Wildman–Crippen LogP) is 2.51. The summed E-state index contributed by atoms with van der Waals surface area (Å²) in [6.45, 7) is 2.68. The third kappa shape index (κ3) is 1.42. The molecule has 1 unspecified atom stereocenters. The predicted molar refractivity (Wildman–Crippen MR) is 65.5 cm³/mol. The lowest BCUT2D eigenvalue weighted by Gasteiger charge is -2.12. The molecule has 0 bridgehead atoms. The first-order valence-electron chi connectivity index (χ1n) is 4.88. The first kappa shape index (κ1) is 10.2. The quantitative estimate of drug-likeness (QED) is 0.783. The van der Waals surface area contributed by atoms with Crippen LogP contribution < -0.4 is 5.73 Å². The summed E-state index contributed by atoms with van der Waals surface area (Å²) in [4.78, 5) is 0. The van der Waals surface area contributed by atoms with E-state index in [1.165, 1.54) is 17.5 Å². The van der Waals surface area contributed by atoms with Crippen molar-refractivity contribution in [2.45, 2.75) is 32.2 Å². The van der Waals surface area contributed by atoms with Gasteiger partial charge in [0.1, 0.15) is 5.75 Å². The van der Waals surface area contributed by atoms with E-state index >= 15 is 0 Å². The lowest BCUT2D eigenvalue weighted by molar-refractivity contribution is 0.463. The lowest BCUT2D eigenvalue weighted by Crippen LogP contribution is -2.03. The van der Waals surface area contributed by atoms with Gasteiger partial charge in [-0.15, -0.1) is 0 Å². The highest BCUT2D eigenvalue weighted by atomic mass is 127. The van der Waals surface area contributed by atoms with Crippen LogP contribution in [-0.2, 0) is 13.0 Å². The van der Waals surface area contributed by atoms with Gasteiger partial charge in [0.15, 0.2) is 0 Å². The SMILES string of the molecule is CC1CCc2c1cc(I)c(O)c2CN. The molecule has 3 N–H and O–H groups in total. The molecule has 1 aliphatic rings. The van der Waals surface area contributed by atoms with E-state index in [-0.39, 0.29) is 0 Å². The molecule has 1 atom stereocenters. The number of hydrogen-bond acceptors (Lipinski definition) is 2. The first-order chi connectivity index (χ1) is 6.65. The Morgan fingerprint density at radius 3 is 3.00 bits per heavy atom. The molecule has 0 saturated carbocycles. The van der Waals surface area contributed by atoms with E-state index in [1.54, 1.807) is 0 Å². The Hall–Kier alpha value is -0.290. The Balaban J connectivity index is 2.65. The molecule has 0 amide bonds. The van der Waals surface area contributed by atoms with E-state index in [1.807, 2.05) is 0 Å². The van der Waals surface area contributed by atoms with Crippen molar-refractivity contribution in [1.29, 1.82) is 0 Å². The summed E-state index contributed by atoms with van der Waals surface area (Å²) >= 11 is 2.17. The number of hydrogen-bond donors (Lipinski definition) is 2. The normalized spacial score (nSPS) is 19.8. The molecule has 2 rings (SSSR count). The number of halogens is 1. The summed E-state index contributed by atoms with van der Waals surface area (Å²) < 4.78 is 0.926. The van der Waals surface area contributed by atoms with Crippen molar-refractivity contribution >= 4 is 22.6 Å². The maximum absolute atomic E-state index is 9.86. The van der Waals surface area contributed by atoms with Crippen LogP contribution in [0.4, 0.5) is 0 Å². The smallest absolute Gasteiger partial charge is 0.133 e. The molecule has 76 valence electrons. The number of aromatic hydroxyl groups is 1. The van der Waals surface area contributed by atoms with Crippen LogP contribution in [0.15, 0.2) is 6.07 Å². The summed E-state index contributed by atoms with van der Waals surface area (Å²) in [5.74, 6) is 1.00. The zero-order valence-corrected chi connectivity index (χ0v) is 10.3. The van der Waals surface area contributed by atoms with Crippen LogP contribution in [0.1, 0.15) is 36.0 Å². The molecule has 2 nitrogen and oxygen atoms in total. The van der Waals surface area contributed by atoms with Gasteiger partial charge < -0.3 is 10.8 Å². The minimum Gasteiger partial charge on any atom is -0.506 e. The van der Waals surface area contributed by atoms with Gasteiger partial charge in [0.05, 0.1) is 3.57 Å². The molecule has 1 aromatic rings. The van der Waals surface area contributed by atoms with Gasteiger partial charge in [-0.25, -0.2) is 0 Å². The third-order valence-electron chi connectivity index (χ3n) is 3.07. The number of phenolic OH excluding ortho intramolecular Hbond substituents is 1. The molecule has 1 aliphatic carbocycles. The molecule has 3 heteroatoms. The summed E-state index contributed by atoms with van der Waals surface area (Å²) in [5.41, 5.74) is 9.30. The van der Waals surface area contributed by atoms with Gasteiger partial charge in [-0.3, -0.25) is 0 Å². The summed E-state index contributed by atoms with van der Waals surface area (Å²) in [5, 5.41) is 9.86. The van der Waals surface area contributed by atoms with Gasteiger partial charge in [-0.05, 0) is 58.5 Å². The number of fused-ring (bicyclic) bond motifs is 1. The zero-order valence-electron chi connectivity index (χ0n) is 8.18. The van der Waals surface area contributed by atoms with Crippen molar-refractivity contribution in [2.24, 2.45) is 5.73 Å². The lowest BCUT2D eigenvalue weighted by atomic mass is 9.99. The monoisotopic (exact) mass is 303 g/mol. The third-order valence-corrected chi connectivity index (χ3v) is 3.89. The maximum Gasteiger partial charge on any atom is 0.133 e. The van der Waals surface area contributed by atoms with Gasteiger partial charge >= 0.3 is 0 Å². The van der Waals surface area contributed by atoms with Gasteiger partial charge in [0.25, 0.3) is 0 Å². The minimum absolute atomic E-state index is 0.390. The molecule has 0 radical (unpaired) electrons. The second-order valence-electron chi connectivity index (χ2n) is 3.90. The number of benzene rings is 1. The summed E-state index contributed by atoms with van der Waals surface area (Å²) in [7, 11) is 0. The van der Waals surface area contributed by atoms with Crippen LogP contribution in [0.5, 0.6) is 5.75 Å². The van der Waals surface area contributed by atoms with Gasteiger partial charge in [0.2, 0.25) is 0 Å². The highest BCUT2D eigenvalue weighted by Crippen LogP contribution is 2.40. The van der Waals surface area contributed by atoms with Crippen molar-refractivity contribution in [3.05, 3.63) is 26.3 Å². The van der Waals surface area contributed by atoms with Crippen molar-refractivity contribution in [2.75, 3.05) is 0 Å². The molecule has 1 aromatic carbocycles. The van der Waals surface area contributed by atoms with E-state index in [4.69, 9.17) is 5.73 Å². The second kappa shape index (κ2) is 3.70. The van der Waals surface area contributed by atoms with Crippen molar-refractivity contribution in [3.8, 4) is 5.75 Å². The van der Waals surface area contributed by atoms with E-state index in [2.05, 4.69) is 35.6 Å². The van der Waals surface area contributed by atoms with Crippen LogP contribution in [0.3, 0.4) is 0 Å². The molecule has 0 saturated heterocycles. The van der Waals surface area contributed by atoms with Crippen LogP contribution in [0, 0.1) is 3.57 Å². The topological polar surface area (TPSA) is 46.2 Å². The number of nitrogens with two attached hydrogens (primary N) is 1. The summed E-state index contributed by atoms with van der Waals surface area (Å²) in [6.07, 6.45) is 2.25. The number of phenols is 1. The van der Waals surface area contributed by atoms with Gasteiger partial charge in [-0.1, -0.05) is 6.92 Å². The fourth-order valence-electron chi connectivity index (χ4n) is 2.22. The van der Waals surface area contributed by atoms with Crippen LogP contribution >= 0.6 is 22.6 Å². The standard InChI is InChI=1S/C11H14INO/c1-6-2-3-7-8(6)4-10(12)11(14)9(7)5-13/h4,6,14H,2-3,5,13H2,1H3. The Morgan fingerprint density at radius 2 is 2.36 bits per heavy atom. The van der Waals surface area contributed by atoms with Crippen molar-refractivity contribution < 1.29 is 5.11 Å². The van der Waals surface area contributed by atoms with E-state index in [0.29, 0.717) is 18.2 Å². The first-order valence-corrected chi connectivity index (χ1v) is 5.96. The molecule has 0 heterocycles. The molecular formula is C11H14INO. The Labute approximate surface area is 97.6 Å². The second-order valence-corrected chi connectivity index (χ2v) is 5.06. The van der Waals surface area contributed by atoms with E-state index in [9.17, 15) is 5.11 Å². The largest absolute Gasteiger partial charge is 0.506 e. The Bertz CT molecular complexity index is 376. The van der Waals surface area contributed by atoms with Crippen molar-refractivity contribution in [1.82, 2.24) is 0 Å². The highest BCUT2D eigenvalue weighted by Gasteiger charge is 2.24. The molecule has 0 spiro atoms. The van der Waals surface area contributed by atoms with Crippen LogP contribution in [0.25, 0.3) is 0 Å². The fourth-order valence-corrected chi connectivity index (χ4v) is 2.89. The summed E-state index contributed by atoms with van der Waals surface area (Å²) in [6, 6.07) is 2.10. The van der Waals surface area contributed by atoms with Gasteiger partial charge in [-0.2, -0.15) is 0 Å². The molecule has 0 aromatic heterocycles. The Kier molecular flexibility index (Phi) is 2.70. The Morgan fingerprint density at radius 1 is 1.64 bits per heavy atom. The van der Waals surface area contributed by atoms with Crippen molar-refractivity contribution in [3.63, 3.8) is 0 Å². The van der Waals surface area contributed by atoms with E-state index in [0.717, 1.165) is 15.6 Å². The van der Waals surface area contributed by atoms with Crippen LogP contribution in [0.2, 0.25) is 0 Å². The molecule has 0 fully saturated rings. The molecule has 14 heavy (non-hydrogen) atoms. The molecular weight excluding hydrogens is 289 g/mol. The van der Waals surface area contributed by atoms with Crippen LogP contribution in [-0.4, -0.2) is 5.11 Å². The fraction of sp³-hybridized carbons (Fsp3) is 0.455. The number of rotatable bonds is 1. The average Bonchev–Trinajstić information content (AvgIpc) is 2.51. The zero-order chi connectivity index (χ0) is 10.3. The van der Waals surface area contributed by atoms with Gasteiger partial charge in [0, 0.05) is 12.1 Å². The van der Waals surface area contributed by atoms with E-state index < -0.39 is 0 Å². The highest BCUT2D eigenvalue weighted by molar-refractivity contribution is 14.1.